The van der Waals surface area contributed by atoms with Crippen molar-refractivity contribution in [2.75, 3.05) is 40.0 Å². The van der Waals surface area contributed by atoms with E-state index in [1.54, 1.807) is 30.2 Å². The molecular weight excluding hydrogens is 376 g/mol. The van der Waals surface area contributed by atoms with Gasteiger partial charge in [-0.15, -0.1) is 0 Å². The first-order chi connectivity index (χ1) is 11.6. The smallest absolute Gasteiger partial charge is 0.264 e. The molecule has 1 amide bonds. The number of methoxy groups -OCH3 is 1. The molecule has 1 aromatic rings. The molecule has 0 atom stereocenters. The maximum atomic E-state index is 12.5. The number of nitriles is 1. The van der Waals surface area contributed by atoms with Crippen LogP contribution in [-0.4, -0.2) is 50.8 Å². The number of halogens is 1. The molecule has 0 bridgehead atoms. The Morgan fingerprint density at radius 2 is 2.17 bits per heavy atom. The van der Waals surface area contributed by atoms with Gasteiger partial charge in [0.05, 0.1) is 31.4 Å². The van der Waals surface area contributed by atoms with Crippen LogP contribution < -0.4 is 9.47 Å². The summed E-state index contributed by atoms with van der Waals surface area (Å²) in [4.78, 5) is 14.1. The van der Waals surface area contributed by atoms with E-state index in [4.69, 9.17) is 14.2 Å². The second-order valence-electron chi connectivity index (χ2n) is 5.04. The number of ether oxygens (including phenoxy) is 3. The molecule has 1 aromatic carbocycles. The van der Waals surface area contributed by atoms with E-state index in [-0.39, 0.29) is 11.5 Å². The van der Waals surface area contributed by atoms with E-state index in [0.717, 1.165) is 0 Å². The molecule has 2 rings (SSSR count). The van der Waals surface area contributed by atoms with Crippen molar-refractivity contribution in [1.82, 2.24) is 4.90 Å². The van der Waals surface area contributed by atoms with Crippen molar-refractivity contribution in [2.45, 2.75) is 6.92 Å². The Bertz CT molecular complexity index is 676. The minimum absolute atomic E-state index is 0.0787. The molecule has 24 heavy (non-hydrogen) atoms. The molecule has 0 aromatic heterocycles. The van der Waals surface area contributed by atoms with Crippen LogP contribution in [0.15, 0.2) is 22.2 Å². The van der Waals surface area contributed by atoms with Gasteiger partial charge in [0.1, 0.15) is 11.6 Å². The first-order valence-corrected chi connectivity index (χ1v) is 8.39. The normalized spacial score (nSPS) is 14.9. The van der Waals surface area contributed by atoms with E-state index in [0.29, 0.717) is 54.4 Å². The van der Waals surface area contributed by atoms with Gasteiger partial charge in [0.15, 0.2) is 11.5 Å². The fourth-order valence-corrected chi connectivity index (χ4v) is 2.93. The highest BCUT2D eigenvalue weighted by Gasteiger charge is 2.21. The van der Waals surface area contributed by atoms with Crippen molar-refractivity contribution >= 4 is 27.9 Å². The lowest BCUT2D eigenvalue weighted by Gasteiger charge is -2.26. The number of hydrogen-bond donors (Lipinski definition) is 0. The Morgan fingerprint density at radius 3 is 2.75 bits per heavy atom. The summed E-state index contributed by atoms with van der Waals surface area (Å²) < 4.78 is 16.8. The summed E-state index contributed by atoms with van der Waals surface area (Å²) in [6, 6.07) is 5.51. The number of nitrogens with zero attached hydrogens (tertiary/aromatic N) is 2. The molecule has 1 aliphatic rings. The lowest BCUT2D eigenvalue weighted by Crippen LogP contribution is -2.41. The lowest BCUT2D eigenvalue weighted by atomic mass is 10.1. The van der Waals surface area contributed by atoms with Gasteiger partial charge < -0.3 is 19.1 Å². The molecular formula is C17H19BrN2O4. The minimum atomic E-state index is -0.287. The predicted octanol–water partition coefficient (Wildman–Crippen LogP) is 2.62. The van der Waals surface area contributed by atoms with Crippen molar-refractivity contribution in [3.63, 3.8) is 0 Å². The third kappa shape index (κ3) is 4.28. The molecule has 0 spiro atoms. The first kappa shape index (κ1) is 18.3. The Balaban J connectivity index is 2.31. The van der Waals surface area contributed by atoms with Gasteiger partial charge in [-0.3, -0.25) is 4.79 Å². The average molecular weight is 395 g/mol. The fourth-order valence-electron chi connectivity index (χ4n) is 2.35. The number of amides is 1. The summed E-state index contributed by atoms with van der Waals surface area (Å²) in [6.45, 7) is 4.36. The van der Waals surface area contributed by atoms with Crippen LogP contribution in [0.4, 0.5) is 0 Å². The van der Waals surface area contributed by atoms with Crippen LogP contribution in [-0.2, 0) is 9.53 Å². The van der Waals surface area contributed by atoms with Gasteiger partial charge in [0.2, 0.25) is 0 Å². The third-order valence-corrected chi connectivity index (χ3v) is 4.09. The van der Waals surface area contributed by atoms with E-state index in [2.05, 4.69) is 15.9 Å². The Labute approximate surface area is 149 Å². The first-order valence-electron chi connectivity index (χ1n) is 7.59. The number of benzene rings is 1. The number of carbonyl (C=O) groups excluding carboxylic acids is 1. The van der Waals surface area contributed by atoms with Crippen LogP contribution in [0.25, 0.3) is 6.08 Å². The number of morpholine rings is 1. The van der Waals surface area contributed by atoms with Crippen LogP contribution in [0, 0.1) is 11.3 Å². The molecule has 7 heteroatoms. The molecule has 1 aliphatic heterocycles. The lowest BCUT2D eigenvalue weighted by molar-refractivity contribution is -0.130. The van der Waals surface area contributed by atoms with E-state index in [9.17, 15) is 10.1 Å². The molecule has 6 nitrogen and oxygen atoms in total. The van der Waals surface area contributed by atoms with Crippen LogP contribution in [0.1, 0.15) is 12.5 Å². The van der Waals surface area contributed by atoms with Gasteiger partial charge in [-0.25, -0.2) is 0 Å². The average Bonchev–Trinajstić information content (AvgIpc) is 2.61. The summed E-state index contributed by atoms with van der Waals surface area (Å²) in [5.41, 5.74) is 0.760. The van der Waals surface area contributed by atoms with E-state index >= 15 is 0 Å². The number of carbonyl (C=O) groups is 1. The van der Waals surface area contributed by atoms with E-state index in [1.165, 1.54) is 0 Å². The summed E-state index contributed by atoms with van der Waals surface area (Å²) in [5.74, 6) is 0.841. The Kier molecular flexibility index (Phi) is 6.64. The third-order valence-electron chi connectivity index (χ3n) is 3.50. The highest BCUT2D eigenvalue weighted by Crippen LogP contribution is 2.37. The topological polar surface area (TPSA) is 71.8 Å². The highest BCUT2D eigenvalue weighted by molar-refractivity contribution is 9.10. The molecule has 0 N–H and O–H groups in total. The van der Waals surface area contributed by atoms with Gasteiger partial charge in [-0.05, 0) is 46.6 Å². The van der Waals surface area contributed by atoms with Crippen molar-refractivity contribution in [2.24, 2.45) is 0 Å². The van der Waals surface area contributed by atoms with Crippen molar-refractivity contribution < 1.29 is 19.0 Å². The Hall–Kier alpha value is -2.04. The summed E-state index contributed by atoms with van der Waals surface area (Å²) in [5, 5.41) is 9.36. The highest BCUT2D eigenvalue weighted by atomic mass is 79.9. The maximum absolute atomic E-state index is 12.5. The van der Waals surface area contributed by atoms with Crippen molar-refractivity contribution in [3.05, 3.63) is 27.7 Å². The molecule has 128 valence electrons. The van der Waals surface area contributed by atoms with Gasteiger partial charge in [-0.1, -0.05) is 0 Å². The van der Waals surface area contributed by atoms with Gasteiger partial charge in [0.25, 0.3) is 5.91 Å². The van der Waals surface area contributed by atoms with Crippen molar-refractivity contribution in [3.8, 4) is 17.6 Å². The zero-order valence-electron chi connectivity index (χ0n) is 13.7. The predicted molar refractivity (Wildman–Crippen MR) is 92.9 cm³/mol. The second-order valence-corrected chi connectivity index (χ2v) is 5.90. The molecule has 0 radical (unpaired) electrons. The monoisotopic (exact) mass is 394 g/mol. The van der Waals surface area contributed by atoms with E-state index in [1.807, 2.05) is 13.0 Å². The minimum Gasteiger partial charge on any atom is -0.493 e. The fraction of sp³-hybridized carbons (Fsp3) is 0.412. The summed E-state index contributed by atoms with van der Waals surface area (Å²) >= 11 is 3.44. The van der Waals surface area contributed by atoms with Gasteiger partial charge in [-0.2, -0.15) is 5.26 Å². The standard InChI is InChI=1S/C17H19BrN2O4/c1-3-24-16-14(18)9-12(10-15(16)22-2)8-13(11-19)17(21)20-4-6-23-7-5-20/h8-10H,3-7H2,1-2H3/b13-8+. The van der Waals surface area contributed by atoms with E-state index < -0.39 is 0 Å². The van der Waals surface area contributed by atoms with Crippen LogP contribution in [0.5, 0.6) is 11.5 Å². The van der Waals surface area contributed by atoms with Crippen LogP contribution in [0.3, 0.4) is 0 Å². The zero-order valence-corrected chi connectivity index (χ0v) is 15.3. The SMILES string of the molecule is CCOc1c(Br)cc(/C=C(\C#N)C(=O)N2CCOCC2)cc1OC. The molecule has 1 heterocycles. The quantitative estimate of drug-likeness (QED) is 0.566. The van der Waals surface area contributed by atoms with Gasteiger partial charge >= 0.3 is 0 Å². The largest absolute Gasteiger partial charge is 0.493 e. The van der Waals surface area contributed by atoms with Gasteiger partial charge in [0, 0.05) is 13.1 Å². The molecule has 1 saturated heterocycles. The number of hydrogen-bond acceptors (Lipinski definition) is 5. The zero-order chi connectivity index (χ0) is 17.5. The number of rotatable bonds is 5. The molecule has 0 saturated carbocycles. The summed E-state index contributed by atoms with van der Waals surface area (Å²) in [7, 11) is 1.54. The van der Waals surface area contributed by atoms with Crippen LogP contribution >= 0.6 is 15.9 Å². The Morgan fingerprint density at radius 1 is 1.46 bits per heavy atom. The van der Waals surface area contributed by atoms with Crippen molar-refractivity contribution in [1.29, 1.82) is 5.26 Å². The molecule has 0 aliphatic carbocycles. The van der Waals surface area contributed by atoms with Crippen LogP contribution in [0.2, 0.25) is 0 Å². The summed E-state index contributed by atoms with van der Waals surface area (Å²) in [6.07, 6.45) is 1.56. The molecule has 1 fully saturated rings. The second kappa shape index (κ2) is 8.71. The maximum Gasteiger partial charge on any atom is 0.264 e. The molecule has 0 unspecified atom stereocenters.